The number of hydrogen-bond donors (Lipinski definition) is 4. The molecule has 116 valence electrons. The highest BCUT2D eigenvalue weighted by molar-refractivity contribution is 5.88. The van der Waals surface area contributed by atoms with Gasteiger partial charge in [-0.25, -0.2) is 9.78 Å². The molecule has 1 aromatic heterocycles. The average Bonchev–Trinajstić information content (AvgIpc) is 3.10. The van der Waals surface area contributed by atoms with Crippen LogP contribution >= 0.6 is 0 Å². The first-order valence-corrected chi connectivity index (χ1v) is 7.29. The van der Waals surface area contributed by atoms with E-state index >= 15 is 0 Å². The van der Waals surface area contributed by atoms with Crippen molar-refractivity contribution >= 4 is 11.9 Å². The molecule has 1 fully saturated rings. The van der Waals surface area contributed by atoms with Crippen LogP contribution in [-0.4, -0.2) is 46.1 Å². The van der Waals surface area contributed by atoms with Gasteiger partial charge in [-0.05, 0) is 19.4 Å². The number of aliphatic carboxylic acids is 1. The van der Waals surface area contributed by atoms with E-state index in [2.05, 4.69) is 20.6 Å². The number of aromatic nitrogens is 2. The summed E-state index contributed by atoms with van der Waals surface area (Å²) < 4.78 is 0. The Morgan fingerprint density at radius 3 is 2.90 bits per heavy atom. The maximum absolute atomic E-state index is 12.6. The van der Waals surface area contributed by atoms with Gasteiger partial charge in [-0.3, -0.25) is 4.79 Å². The molecule has 2 rings (SSSR count). The van der Waals surface area contributed by atoms with Gasteiger partial charge in [0, 0.05) is 24.9 Å². The number of carbonyl (C=O) groups is 2. The number of nitrogens with zero attached hydrogens (tertiary/aromatic N) is 1. The molecule has 4 N–H and O–H groups in total. The lowest BCUT2D eigenvalue weighted by Crippen LogP contribution is -2.50. The number of rotatable bonds is 7. The van der Waals surface area contributed by atoms with E-state index in [0.29, 0.717) is 12.2 Å². The topological polar surface area (TPSA) is 107 Å². The molecule has 1 saturated heterocycles. The number of carbonyl (C=O) groups excluding carboxylic acids is 1. The zero-order valence-electron chi connectivity index (χ0n) is 12.2. The van der Waals surface area contributed by atoms with Crippen LogP contribution in [0.25, 0.3) is 0 Å². The second kappa shape index (κ2) is 6.71. The summed E-state index contributed by atoms with van der Waals surface area (Å²) in [5, 5.41) is 15.2. The van der Waals surface area contributed by atoms with Crippen LogP contribution in [0.5, 0.6) is 0 Å². The van der Waals surface area contributed by atoms with Crippen molar-refractivity contribution in [3.8, 4) is 0 Å². The van der Waals surface area contributed by atoms with Crippen LogP contribution < -0.4 is 10.6 Å². The number of carboxylic acid groups (broad SMARTS) is 1. The van der Waals surface area contributed by atoms with Crippen molar-refractivity contribution in [1.82, 2.24) is 20.6 Å². The number of aromatic amines is 1. The first-order valence-electron chi connectivity index (χ1n) is 7.29. The molecule has 2 atom stereocenters. The number of amides is 1. The normalized spacial score (nSPS) is 22.9. The van der Waals surface area contributed by atoms with Crippen LogP contribution in [0.15, 0.2) is 12.5 Å². The van der Waals surface area contributed by atoms with E-state index in [9.17, 15) is 14.7 Å². The number of H-pyrrole nitrogens is 1. The van der Waals surface area contributed by atoms with Crippen molar-refractivity contribution in [2.24, 2.45) is 5.41 Å². The molecule has 7 nitrogen and oxygen atoms in total. The maximum atomic E-state index is 12.6. The van der Waals surface area contributed by atoms with Gasteiger partial charge in [0.2, 0.25) is 5.91 Å². The Morgan fingerprint density at radius 1 is 1.57 bits per heavy atom. The molecule has 2 unspecified atom stereocenters. The van der Waals surface area contributed by atoms with Gasteiger partial charge < -0.3 is 20.7 Å². The number of imidazole rings is 1. The zero-order valence-corrected chi connectivity index (χ0v) is 12.2. The predicted octanol–water partition coefficient (Wildman–Crippen LogP) is 0.301. The molecule has 7 heteroatoms. The molecule has 1 aliphatic heterocycles. The Kier molecular flexibility index (Phi) is 4.95. The number of carboxylic acids is 1. The van der Waals surface area contributed by atoms with E-state index in [1.165, 1.54) is 6.33 Å². The number of hydrogen-bond acceptors (Lipinski definition) is 4. The van der Waals surface area contributed by atoms with Crippen LogP contribution in [0.4, 0.5) is 0 Å². The average molecular weight is 294 g/mol. The quantitative estimate of drug-likeness (QED) is 0.578. The van der Waals surface area contributed by atoms with Crippen molar-refractivity contribution in [1.29, 1.82) is 0 Å². The van der Waals surface area contributed by atoms with Crippen molar-refractivity contribution in [2.45, 2.75) is 38.6 Å². The highest BCUT2D eigenvalue weighted by atomic mass is 16.4. The predicted molar refractivity (Wildman–Crippen MR) is 76.7 cm³/mol. The van der Waals surface area contributed by atoms with Gasteiger partial charge >= 0.3 is 5.97 Å². The summed E-state index contributed by atoms with van der Waals surface area (Å²) in [6.07, 6.45) is 5.69. The second-order valence-corrected chi connectivity index (χ2v) is 5.60. The zero-order chi connectivity index (χ0) is 15.3. The molecule has 0 aromatic carbocycles. The van der Waals surface area contributed by atoms with Crippen molar-refractivity contribution in [3.05, 3.63) is 18.2 Å². The van der Waals surface area contributed by atoms with E-state index in [-0.39, 0.29) is 12.3 Å². The molecule has 21 heavy (non-hydrogen) atoms. The molecule has 1 amide bonds. The van der Waals surface area contributed by atoms with Crippen molar-refractivity contribution in [3.63, 3.8) is 0 Å². The smallest absolute Gasteiger partial charge is 0.326 e. The fourth-order valence-electron chi connectivity index (χ4n) is 2.87. The second-order valence-electron chi connectivity index (χ2n) is 5.60. The first-order chi connectivity index (χ1) is 10.1. The lowest BCUT2D eigenvalue weighted by atomic mass is 9.81. The third-order valence-corrected chi connectivity index (χ3v) is 4.04. The van der Waals surface area contributed by atoms with Crippen molar-refractivity contribution < 1.29 is 14.7 Å². The third-order valence-electron chi connectivity index (χ3n) is 4.04. The molecule has 1 aliphatic rings. The molecule has 0 saturated carbocycles. The lowest BCUT2D eigenvalue weighted by Gasteiger charge is -2.28. The Labute approximate surface area is 123 Å². The van der Waals surface area contributed by atoms with E-state index < -0.39 is 17.4 Å². The maximum Gasteiger partial charge on any atom is 0.326 e. The Morgan fingerprint density at radius 2 is 2.38 bits per heavy atom. The van der Waals surface area contributed by atoms with Gasteiger partial charge in [-0.2, -0.15) is 0 Å². The Bertz CT molecular complexity index is 480. The highest BCUT2D eigenvalue weighted by Crippen LogP contribution is 2.31. The molecular weight excluding hydrogens is 272 g/mol. The molecule has 0 aliphatic carbocycles. The van der Waals surface area contributed by atoms with E-state index in [0.717, 1.165) is 25.8 Å². The molecule has 2 heterocycles. The summed E-state index contributed by atoms with van der Waals surface area (Å²) >= 11 is 0. The van der Waals surface area contributed by atoms with Crippen LogP contribution in [0.3, 0.4) is 0 Å². The van der Waals surface area contributed by atoms with Gasteiger partial charge in [0.15, 0.2) is 0 Å². The molecule has 0 spiro atoms. The van der Waals surface area contributed by atoms with Crippen LogP contribution in [0, 0.1) is 5.41 Å². The van der Waals surface area contributed by atoms with E-state index in [1.807, 2.05) is 6.92 Å². The van der Waals surface area contributed by atoms with Gasteiger partial charge in [0.05, 0.1) is 11.7 Å². The van der Waals surface area contributed by atoms with Gasteiger partial charge in [-0.1, -0.05) is 13.3 Å². The summed E-state index contributed by atoms with van der Waals surface area (Å²) in [7, 11) is 0. The summed E-state index contributed by atoms with van der Waals surface area (Å²) in [5.74, 6) is -1.20. The first kappa shape index (κ1) is 15.5. The Hall–Kier alpha value is -1.89. The third kappa shape index (κ3) is 3.60. The van der Waals surface area contributed by atoms with Gasteiger partial charge in [0.25, 0.3) is 0 Å². The SMILES string of the molecule is CCCC1(C(=O)NC(Cc2cnc[nH]2)C(=O)O)CCNC1. The molecule has 0 radical (unpaired) electrons. The fourth-order valence-corrected chi connectivity index (χ4v) is 2.87. The summed E-state index contributed by atoms with van der Waals surface area (Å²) in [6, 6.07) is -0.938. The minimum absolute atomic E-state index is 0.165. The lowest BCUT2D eigenvalue weighted by molar-refractivity contribution is -0.143. The minimum Gasteiger partial charge on any atom is -0.480 e. The van der Waals surface area contributed by atoms with Crippen molar-refractivity contribution in [2.75, 3.05) is 13.1 Å². The van der Waals surface area contributed by atoms with Gasteiger partial charge in [0.1, 0.15) is 6.04 Å². The van der Waals surface area contributed by atoms with Crippen LogP contribution in [0.2, 0.25) is 0 Å². The minimum atomic E-state index is -1.03. The van der Waals surface area contributed by atoms with E-state index in [4.69, 9.17) is 0 Å². The standard InChI is InChI=1S/C14H22N4O3/c1-2-3-14(4-5-15-8-14)13(21)18-11(12(19)20)6-10-7-16-9-17-10/h7,9,11,15H,2-6,8H2,1H3,(H,16,17)(H,18,21)(H,19,20). The van der Waals surface area contributed by atoms with Crippen LogP contribution in [0.1, 0.15) is 31.9 Å². The molecular formula is C14H22N4O3. The largest absolute Gasteiger partial charge is 0.480 e. The fraction of sp³-hybridized carbons (Fsp3) is 0.643. The summed E-state index contributed by atoms with van der Waals surface area (Å²) in [6.45, 7) is 3.45. The molecule has 1 aromatic rings. The Balaban J connectivity index is 2.05. The molecule has 0 bridgehead atoms. The van der Waals surface area contributed by atoms with Gasteiger partial charge in [-0.15, -0.1) is 0 Å². The summed E-state index contributed by atoms with van der Waals surface area (Å²) in [5.41, 5.74) is 0.216. The van der Waals surface area contributed by atoms with Crippen LogP contribution in [-0.2, 0) is 16.0 Å². The summed E-state index contributed by atoms with van der Waals surface area (Å²) in [4.78, 5) is 30.7. The number of nitrogens with one attached hydrogen (secondary N) is 3. The van der Waals surface area contributed by atoms with E-state index in [1.54, 1.807) is 6.20 Å². The highest BCUT2D eigenvalue weighted by Gasteiger charge is 2.41. The monoisotopic (exact) mass is 294 g/mol.